The fourth-order valence-electron chi connectivity index (χ4n) is 3.26. The topological polar surface area (TPSA) is 28.2 Å². The molecule has 1 saturated heterocycles. The largest absolute Gasteiger partial charge is 0.382 e. The van der Waals surface area contributed by atoms with Gasteiger partial charge in [0, 0.05) is 36.4 Å². The summed E-state index contributed by atoms with van der Waals surface area (Å²) < 4.78 is 0. The number of fused-ring (bicyclic) bond motifs is 1. The average molecular weight is 283 g/mol. The highest BCUT2D eigenvalue weighted by molar-refractivity contribution is 6.02. The maximum atomic E-state index is 4.72. The SMILES string of the molecule is CC1CCCN(c2nccc3cccc(NC(C)C)c23)C1. The molecule has 0 radical (unpaired) electrons. The van der Waals surface area contributed by atoms with Gasteiger partial charge >= 0.3 is 0 Å². The third-order valence-electron chi connectivity index (χ3n) is 4.17. The number of nitrogens with one attached hydrogen (secondary N) is 1. The van der Waals surface area contributed by atoms with Crippen LogP contribution in [0, 0.1) is 5.92 Å². The van der Waals surface area contributed by atoms with E-state index in [1.165, 1.54) is 29.3 Å². The molecule has 1 aliphatic heterocycles. The lowest BCUT2D eigenvalue weighted by Gasteiger charge is -2.33. The standard InChI is InChI=1S/C18H25N3/c1-13(2)20-16-8-4-7-15-9-10-19-18(17(15)16)21-11-5-6-14(3)12-21/h4,7-10,13-14,20H,5-6,11-12H2,1-3H3. The van der Waals surface area contributed by atoms with Gasteiger partial charge in [0.15, 0.2) is 0 Å². The highest BCUT2D eigenvalue weighted by Gasteiger charge is 2.20. The molecule has 3 rings (SSSR count). The van der Waals surface area contributed by atoms with Crippen LogP contribution in [0.25, 0.3) is 10.8 Å². The fourth-order valence-corrected chi connectivity index (χ4v) is 3.26. The molecule has 1 fully saturated rings. The maximum Gasteiger partial charge on any atom is 0.138 e. The Kier molecular flexibility index (Phi) is 4.00. The normalized spacial score (nSPS) is 19.2. The van der Waals surface area contributed by atoms with Gasteiger partial charge in [0.25, 0.3) is 0 Å². The number of rotatable bonds is 3. The molecule has 2 heterocycles. The van der Waals surface area contributed by atoms with Crippen molar-refractivity contribution in [2.24, 2.45) is 5.92 Å². The number of aromatic nitrogens is 1. The second kappa shape index (κ2) is 5.92. The van der Waals surface area contributed by atoms with E-state index in [1.54, 1.807) is 0 Å². The molecular formula is C18H25N3. The summed E-state index contributed by atoms with van der Waals surface area (Å²) in [5.74, 6) is 1.89. The van der Waals surface area contributed by atoms with Crippen LogP contribution in [0.3, 0.4) is 0 Å². The Balaban J connectivity index is 2.08. The summed E-state index contributed by atoms with van der Waals surface area (Å²) in [6.07, 6.45) is 4.54. The van der Waals surface area contributed by atoms with Crippen molar-refractivity contribution in [3.63, 3.8) is 0 Å². The Hall–Kier alpha value is -1.77. The second-order valence-electron chi connectivity index (χ2n) is 6.53. The van der Waals surface area contributed by atoms with E-state index in [4.69, 9.17) is 4.98 Å². The van der Waals surface area contributed by atoms with Crippen molar-refractivity contribution in [3.05, 3.63) is 30.5 Å². The lowest BCUT2D eigenvalue weighted by Crippen LogP contribution is -2.35. The van der Waals surface area contributed by atoms with Crippen LogP contribution in [0.5, 0.6) is 0 Å². The van der Waals surface area contributed by atoms with E-state index in [1.807, 2.05) is 6.20 Å². The summed E-state index contributed by atoms with van der Waals surface area (Å²) >= 11 is 0. The molecule has 0 bridgehead atoms. The minimum Gasteiger partial charge on any atom is -0.382 e. The van der Waals surface area contributed by atoms with Gasteiger partial charge < -0.3 is 10.2 Å². The summed E-state index contributed by atoms with van der Waals surface area (Å²) in [6.45, 7) is 8.93. The molecule has 1 aromatic heterocycles. The van der Waals surface area contributed by atoms with E-state index >= 15 is 0 Å². The summed E-state index contributed by atoms with van der Waals surface area (Å²) in [5.41, 5.74) is 1.20. The molecule has 2 aromatic rings. The average Bonchev–Trinajstić information content (AvgIpc) is 2.46. The van der Waals surface area contributed by atoms with Crippen molar-refractivity contribution in [2.45, 2.75) is 39.7 Å². The lowest BCUT2D eigenvalue weighted by molar-refractivity contribution is 0.445. The number of nitrogens with zero attached hydrogens (tertiary/aromatic N) is 2. The van der Waals surface area contributed by atoms with Gasteiger partial charge in [0.2, 0.25) is 0 Å². The molecule has 0 saturated carbocycles. The fraction of sp³-hybridized carbons (Fsp3) is 0.500. The first-order valence-corrected chi connectivity index (χ1v) is 8.04. The Morgan fingerprint density at radius 3 is 2.90 bits per heavy atom. The van der Waals surface area contributed by atoms with Gasteiger partial charge in [-0.1, -0.05) is 19.1 Å². The van der Waals surface area contributed by atoms with Gasteiger partial charge in [-0.25, -0.2) is 4.98 Å². The summed E-state index contributed by atoms with van der Waals surface area (Å²) in [4.78, 5) is 7.18. The quantitative estimate of drug-likeness (QED) is 0.910. The first kappa shape index (κ1) is 14.2. The Labute approximate surface area is 127 Å². The Bertz CT molecular complexity index is 616. The molecule has 1 aliphatic rings. The number of hydrogen-bond donors (Lipinski definition) is 1. The molecule has 1 atom stereocenters. The van der Waals surface area contributed by atoms with Gasteiger partial charge in [-0.2, -0.15) is 0 Å². The van der Waals surface area contributed by atoms with Gasteiger partial charge in [-0.3, -0.25) is 0 Å². The van der Waals surface area contributed by atoms with E-state index in [9.17, 15) is 0 Å². The van der Waals surface area contributed by atoms with Crippen LogP contribution < -0.4 is 10.2 Å². The van der Waals surface area contributed by atoms with Gasteiger partial charge in [0.1, 0.15) is 5.82 Å². The van der Waals surface area contributed by atoms with Gasteiger partial charge in [-0.05, 0) is 50.1 Å². The van der Waals surface area contributed by atoms with Crippen molar-refractivity contribution >= 4 is 22.3 Å². The van der Waals surface area contributed by atoms with Crippen molar-refractivity contribution in [1.29, 1.82) is 0 Å². The molecule has 1 unspecified atom stereocenters. The smallest absolute Gasteiger partial charge is 0.138 e. The summed E-state index contributed by atoms with van der Waals surface area (Å²) in [5, 5.41) is 6.11. The zero-order valence-corrected chi connectivity index (χ0v) is 13.3. The maximum absolute atomic E-state index is 4.72. The van der Waals surface area contributed by atoms with Crippen LogP contribution in [-0.2, 0) is 0 Å². The predicted molar refractivity (Wildman–Crippen MR) is 91.1 cm³/mol. The van der Waals surface area contributed by atoms with E-state index in [2.05, 4.69) is 55.3 Å². The molecule has 1 aromatic carbocycles. The molecule has 0 aliphatic carbocycles. The zero-order chi connectivity index (χ0) is 14.8. The Morgan fingerprint density at radius 1 is 1.29 bits per heavy atom. The summed E-state index contributed by atoms with van der Waals surface area (Å²) in [6, 6.07) is 9.00. The van der Waals surface area contributed by atoms with Crippen LogP contribution in [0.1, 0.15) is 33.6 Å². The van der Waals surface area contributed by atoms with E-state index in [0.717, 1.165) is 24.8 Å². The lowest BCUT2D eigenvalue weighted by atomic mass is 9.99. The van der Waals surface area contributed by atoms with Crippen LogP contribution in [-0.4, -0.2) is 24.1 Å². The first-order chi connectivity index (χ1) is 10.1. The van der Waals surface area contributed by atoms with Crippen LogP contribution in [0.4, 0.5) is 11.5 Å². The first-order valence-electron chi connectivity index (χ1n) is 8.04. The highest BCUT2D eigenvalue weighted by atomic mass is 15.2. The second-order valence-corrected chi connectivity index (χ2v) is 6.53. The number of hydrogen-bond acceptors (Lipinski definition) is 3. The van der Waals surface area contributed by atoms with Gasteiger partial charge in [-0.15, -0.1) is 0 Å². The number of benzene rings is 1. The number of pyridine rings is 1. The minimum atomic E-state index is 0.420. The summed E-state index contributed by atoms with van der Waals surface area (Å²) in [7, 11) is 0. The third-order valence-corrected chi connectivity index (χ3v) is 4.17. The molecule has 1 N–H and O–H groups in total. The molecular weight excluding hydrogens is 258 g/mol. The Morgan fingerprint density at radius 2 is 2.14 bits per heavy atom. The van der Waals surface area contributed by atoms with Crippen molar-refractivity contribution in [2.75, 3.05) is 23.3 Å². The number of piperidine rings is 1. The van der Waals surface area contributed by atoms with E-state index < -0.39 is 0 Å². The van der Waals surface area contributed by atoms with Crippen LogP contribution >= 0.6 is 0 Å². The van der Waals surface area contributed by atoms with E-state index in [-0.39, 0.29) is 0 Å². The zero-order valence-electron chi connectivity index (χ0n) is 13.3. The molecule has 3 nitrogen and oxygen atoms in total. The minimum absolute atomic E-state index is 0.420. The van der Waals surface area contributed by atoms with E-state index in [0.29, 0.717) is 6.04 Å². The molecule has 0 spiro atoms. The monoisotopic (exact) mass is 283 g/mol. The van der Waals surface area contributed by atoms with Crippen molar-refractivity contribution in [1.82, 2.24) is 4.98 Å². The van der Waals surface area contributed by atoms with Crippen molar-refractivity contribution in [3.8, 4) is 0 Å². The van der Waals surface area contributed by atoms with Crippen LogP contribution in [0.15, 0.2) is 30.5 Å². The molecule has 3 heteroatoms. The number of anilines is 2. The predicted octanol–water partition coefficient (Wildman–Crippen LogP) is 4.29. The highest BCUT2D eigenvalue weighted by Crippen LogP contribution is 2.33. The molecule has 21 heavy (non-hydrogen) atoms. The molecule has 0 amide bonds. The van der Waals surface area contributed by atoms with Crippen molar-refractivity contribution < 1.29 is 0 Å². The van der Waals surface area contributed by atoms with Crippen LogP contribution in [0.2, 0.25) is 0 Å². The third kappa shape index (κ3) is 2.97. The molecule has 112 valence electrons. The van der Waals surface area contributed by atoms with Gasteiger partial charge in [0.05, 0.1) is 0 Å².